The zero-order chi connectivity index (χ0) is 7.82. The van der Waals surface area contributed by atoms with E-state index >= 15 is 0 Å². The van der Waals surface area contributed by atoms with Crippen LogP contribution in [0.1, 0.15) is 45.4 Å². The van der Waals surface area contributed by atoms with Crippen LogP contribution in [0.3, 0.4) is 0 Å². The van der Waals surface area contributed by atoms with Gasteiger partial charge in [0.1, 0.15) is 0 Å². The van der Waals surface area contributed by atoms with Crippen molar-refractivity contribution in [3.8, 4) is 0 Å². The molecule has 72 valence electrons. The summed E-state index contributed by atoms with van der Waals surface area (Å²) in [7, 11) is 0. The van der Waals surface area contributed by atoms with Gasteiger partial charge in [0.2, 0.25) is 0 Å². The summed E-state index contributed by atoms with van der Waals surface area (Å²) < 4.78 is 0. The van der Waals surface area contributed by atoms with E-state index in [9.17, 15) is 4.79 Å². The summed E-state index contributed by atoms with van der Waals surface area (Å²) in [5.74, 6) is -0.670. The van der Waals surface area contributed by atoms with Crippen molar-refractivity contribution in [2.24, 2.45) is 0 Å². The molecule has 4 heteroatoms. The molecule has 0 aromatic heterocycles. The van der Waals surface area contributed by atoms with Crippen molar-refractivity contribution in [1.29, 1.82) is 0 Å². The number of hydrogen-bond acceptors (Lipinski definition) is 1. The maximum atomic E-state index is 10.0. The molecule has 0 saturated heterocycles. The first-order chi connectivity index (χ1) is 4.77. The molecule has 0 aliphatic rings. The SMILES string of the molecule is CCCCCCCC(=O)O.[Fe].[Zr]. The van der Waals surface area contributed by atoms with Gasteiger partial charge in [-0.3, -0.25) is 4.79 Å². The number of carbonyl (C=O) groups is 1. The van der Waals surface area contributed by atoms with E-state index in [1.54, 1.807) is 0 Å². The predicted octanol–water partition coefficient (Wildman–Crippen LogP) is 2.43. The summed E-state index contributed by atoms with van der Waals surface area (Å²) in [6.07, 6.45) is 5.88. The van der Waals surface area contributed by atoms with Crippen LogP contribution in [-0.4, -0.2) is 11.1 Å². The Morgan fingerprint density at radius 3 is 2.08 bits per heavy atom. The molecular weight excluding hydrogens is 275 g/mol. The van der Waals surface area contributed by atoms with Gasteiger partial charge in [-0.2, -0.15) is 0 Å². The van der Waals surface area contributed by atoms with Crippen molar-refractivity contribution in [3.05, 3.63) is 0 Å². The molecule has 0 bridgehead atoms. The Labute approximate surface area is 104 Å². The van der Waals surface area contributed by atoms with E-state index in [0.717, 1.165) is 12.8 Å². The second-order valence-corrected chi connectivity index (χ2v) is 2.56. The third-order valence-corrected chi connectivity index (χ3v) is 1.49. The molecule has 0 saturated carbocycles. The zero-order valence-electron chi connectivity index (χ0n) is 7.45. The molecule has 0 aliphatic heterocycles. The third kappa shape index (κ3) is 17.1. The molecule has 0 heterocycles. The van der Waals surface area contributed by atoms with Gasteiger partial charge in [-0.1, -0.05) is 32.6 Å². The number of rotatable bonds is 6. The molecule has 2 nitrogen and oxygen atoms in total. The Bertz CT molecular complexity index is 99.1. The van der Waals surface area contributed by atoms with Crippen LogP contribution >= 0.6 is 0 Å². The molecule has 0 amide bonds. The van der Waals surface area contributed by atoms with Crippen molar-refractivity contribution in [1.82, 2.24) is 0 Å². The molecule has 1 N–H and O–H groups in total. The first kappa shape index (κ1) is 18.6. The molecule has 0 spiro atoms. The number of carboxylic acid groups (broad SMARTS) is 1. The van der Waals surface area contributed by atoms with E-state index in [1.807, 2.05) is 0 Å². The fourth-order valence-electron chi connectivity index (χ4n) is 0.880. The average Bonchev–Trinajstić information content (AvgIpc) is 1.87. The molecule has 0 atom stereocenters. The molecule has 0 aliphatic carbocycles. The minimum atomic E-state index is -0.670. The van der Waals surface area contributed by atoms with Crippen molar-refractivity contribution >= 4 is 5.97 Å². The van der Waals surface area contributed by atoms with Crippen LogP contribution < -0.4 is 0 Å². The zero-order valence-corrected chi connectivity index (χ0v) is 11.0. The molecule has 0 aromatic rings. The Morgan fingerprint density at radius 1 is 1.17 bits per heavy atom. The summed E-state index contributed by atoms with van der Waals surface area (Å²) in [6, 6.07) is 0. The number of unbranched alkanes of at least 4 members (excludes halogenated alkanes) is 4. The van der Waals surface area contributed by atoms with Gasteiger partial charge in [0, 0.05) is 49.7 Å². The van der Waals surface area contributed by atoms with Crippen molar-refractivity contribution in [2.75, 3.05) is 0 Å². The monoisotopic (exact) mass is 290 g/mol. The molecule has 0 unspecified atom stereocenters. The molecule has 0 rings (SSSR count). The maximum absolute atomic E-state index is 10.0. The quantitative estimate of drug-likeness (QED) is 0.603. The van der Waals surface area contributed by atoms with E-state index in [2.05, 4.69) is 6.92 Å². The van der Waals surface area contributed by atoms with Gasteiger partial charge in [0.25, 0.3) is 0 Å². The summed E-state index contributed by atoms with van der Waals surface area (Å²) >= 11 is 0. The fourth-order valence-corrected chi connectivity index (χ4v) is 0.880. The van der Waals surface area contributed by atoms with Crippen LogP contribution in [0.2, 0.25) is 0 Å². The van der Waals surface area contributed by atoms with Gasteiger partial charge in [-0.25, -0.2) is 0 Å². The van der Waals surface area contributed by atoms with Gasteiger partial charge >= 0.3 is 5.97 Å². The minimum Gasteiger partial charge on any atom is -0.481 e. The number of aliphatic carboxylic acids is 1. The van der Waals surface area contributed by atoms with Gasteiger partial charge in [-0.05, 0) is 6.42 Å². The summed E-state index contributed by atoms with van der Waals surface area (Å²) in [5.41, 5.74) is 0. The Kier molecular flexibility index (Phi) is 22.3. The van der Waals surface area contributed by atoms with Crippen LogP contribution in [-0.2, 0) is 48.1 Å². The van der Waals surface area contributed by atoms with Crippen LogP contribution in [0.25, 0.3) is 0 Å². The van der Waals surface area contributed by atoms with Crippen LogP contribution in [0.4, 0.5) is 0 Å². The summed E-state index contributed by atoms with van der Waals surface area (Å²) in [4.78, 5) is 10.0. The van der Waals surface area contributed by atoms with Gasteiger partial charge in [0.05, 0.1) is 0 Å². The van der Waals surface area contributed by atoms with E-state index in [1.165, 1.54) is 19.3 Å². The number of carboxylic acids is 1. The molecule has 0 aromatic carbocycles. The Hall–Kier alpha value is 0.873. The van der Waals surface area contributed by atoms with Crippen molar-refractivity contribution in [2.45, 2.75) is 45.4 Å². The third-order valence-electron chi connectivity index (χ3n) is 1.49. The number of hydrogen-bond donors (Lipinski definition) is 1. The van der Waals surface area contributed by atoms with Gasteiger partial charge in [-0.15, -0.1) is 0 Å². The molecule has 0 fully saturated rings. The Morgan fingerprint density at radius 2 is 1.67 bits per heavy atom. The van der Waals surface area contributed by atoms with Crippen LogP contribution in [0, 0.1) is 0 Å². The predicted molar refractivity (Wildman–Crippen MR) is 41.0 cm³/mol. The van der Waals surface area contributed by atoms with Crippen LogP contribution in [0.5, 0.6) is 0 Å². The first-order valence-electron chi connectivity index (χ1n) is 3.99. The first-order valence-corrected chi connectivity index (χ1v) is 3.99. The van der Waals surface area contributed by atoms with E-state index in [0.29, 0.717) is 6.42 Å². The summed E-state index contributed by atoms with van der Waals surface area (Å²) in [6.45, 7) is 2.15. The normalized spacial score (nSPS) is 8.08. The fraction of sp³-hybridized carbons (Fsp3) is 0.875. The minimum absolute atomic E-state index is 0. The second-order valence-electron chi connectivity index (χ2n) is 2.56. The Balaban J connectivity index is -0.000000405. The second kappa shape index (κ2) is 14.4. The van der Waals surface area contributed by atoms with E-state index < -0.39 is 5.97 Å². The smallest absolute Gasteiger partial charge is 0.303 e. The van der Waals surface area contributed by atoms with Gasteiger partial charge in [0.15, 0.2) is 0 Å². The topological polar surface area (TPSA) is 37.3 Å². The molecular formula is C8H16FeO2Zr. The van der Waals surface area contributed by atoms with E-state index in [-0.39, 0.29) is 43.3 Å². The van der Waals surface area contributed by atoms with Crippen molar-refractivity contribution < 1.29 is 53.2 Å². The van der Waals surface area contributed by atoms with Crippen LogP contribution in [0.15, 0.2) is 0 Å². The molecule has 12 heavy (non-hydrogen) atoms. The van der Waals surface area contributed by atoms with Gasteiger partial charge < -0.3 is 5.11 Å². The standard InChI is InChI=1S/C8H16O2.Fe.Zr/c1-2-3-4-5-6-7-8(9)10;;/h2-7H2,1H3,(H,9,10);;. The maximum Gasteiger partial charge on any atom is 0.303 e. The van der Waals surface area contributed by atoms with E-state index in [4.69, 9.17) is 5.11 Å². The molecule has 0 radical (unpaired) electrons. The largest absolute Gasteiger partial charge is 0.481 e. The average molecular weight is 291 g/mol. The summed E-state index contributed by atoms with van der Waals surface area (Å²) in [5, 5.41) is 8.27. The van der Waals surface area contributed by atoms with Crippen molar-refractivity contribution in [3.63, 3.8) is 0 Å².